The summed E-state index contributed by atoms with van der Waals surface area (Å²) in [4.78, 5) is 5.63. The summed E-state index contributed by atoms with van der Waals surface area (Å²) < 4.78 is 32.1. The number of allylic oxidation sites excluding steroid dienone is 1. The maximum Gasteiger partial charge on any atom is 0.263 e. The van der Waals surface area contributed by atoms with E-state index >= 15 is 0 Å². The van der Waals surface area contributed by atoms with Gasteiger partial charge in [0.2, 0.25) is 0 Å². The zero-order chi connectivity index (χ0) is 21.8. The van der Waals surface area contributed by atoms with Crippen molar-refractivity contribution >= 4 is 49.8 Å². The Bertz CT molecular complexity index is 1360. The van der Waals surface area contributed by atoms with Crippen molar-refractivity contribution in [2.24, 2.45) is 0 Å². The quantitative estimate of drug-likeness (QED) is 0.368. The Morgan fingerprint density at radius 3 is 2.68 bits per heavy atom. The molecule has 0 unspecified atom stereocenters. The molecule has 1 aromatic carbocycles. The van der Waals surface area contributed by atoms with Gasteiger partial charge in [0.25, 0.3) is 10.0 Å². The van der Waals surface area contributed by atoms with Gasteiger partial charge < -0.3 is 9.84 Å². The minimum Gasteiger partial charge on any atom is -0.360 e. The van der Waals surface area contributed by atoms with Gasteiger partial charge in [-0.25, -0.2) is 13.4 Å². The number of thiophene rings is 1. The van der Waals surface area contributed by atoms with E-state index in [4.69, 9.17) is 4.52 Å². The summed E-state index contributed by atoms with van der Waals surface area (Å²) in [6.45, 7) is 1.67. The van der Waals surface area contributed by atoms with Crippen molar-refractivity contribution in [1.82, 2.24) is 10.1 Å². The molecule has 31 heavy (non-hydrogen) atoms. The number of aryl methyl sites for hydroxylation is 1. The van der Waals surface area contributed by atoms with Gasteiger partial charge in [0.15, 0.2) is 5.82 Å². The molecule has 4 aromatic rings. The van der Waals surface area contributed by atoms with Crippen LogP contribution in [0.3, 0.4) is 0 Å². The Morgan fingerprint density at radius 1 is 1.23 bits per heavy atom. The topological polar surface area (TPSA) is 121 Å². The van der Waals surface area contributed by atoms with Crippen molar-refractivity contribution < 1.29 is 12.9 Å². The number of aromatic nitrogens is 2. The van der Waals surface area contributed by atoms with Gasteiger partial charge in [0.1, 0.15) is 22.4 Å². The van der Waals surface area contributed by atoms with Crippen molar-refractivity contribution in [3.05, 3.63) is 70.2 Å². The Morgan fingerprint density at radius 2 is 2.03 bits per heavy atom. The van der Waals surface area contributed by atoms with E-state index in [0.29, 0.717) is 22.0 Å². The van der Waals surface area contributed by atoms with Gasteiger partial charge in [-0.3, -0.25) is 4.72 Å². The third kappa shape index (κ3) is 4.83. The van der Waals surface area contributed by atoms with Gasteiger partial charge in [-0.05, 0) is 42.6 Å². The summed E-state index contributed by atoms with van der Waals surface area (Å²) in [6.07, 6.45) is 1.55. The van der Waals surface area contributed by atoms with Gasteiger partial charge in [0.05, 0.1) is 15.5 Å². The summed E-state index contributed by atoms with van der Waals surface area (Å²) in [7, 11) is -3.79. The standard InChI is InChI=1S/C20H15N5O3S3/c1-13-9-19(24-28-13)25-31(26,27)16-6-4-15(5-7-16)22-11-14(10-21)20-23-17(12-30-20)18-3-2-8-29-18/h2-9,11-12,22H,1H3,(H,24,25). The molecule has 0 aliphatic carbocycles. The van der Waals surface area contributed by atoms with Crippen molar-refractivity contribution in [2.45, 2.75) is 11.8 Å². The van der Waals surface area contributed by atoms with Crippen LogP contribution in [0.1, 0.15) is 10.8 Å². The fourth-order valence-electron chi connectivity index (χ4n) is 2.57. The predicted molar refractivity (Wildman–Crippen MR) is 121 cm³/mol. The van der Waals surface area contributed by atoms with Gasteiger partial charge in [0, 0.05) is 23.3 Å². The van der Waals surface area contributed by atoms with Gasteiger partial charge in [-0.2, -0.15) is 5.26 Å². The number of thiazole rings is 1. The molecule has 0 spiro atoms. The van der Waals surface area contributed by atoms with Gasteiger partial charge >= 0.3 is 0 Å². The first-order valence-electron chi connectivity index (χ1n) is 8.87. The molecule has 11 heteroatoms. The number of benzene rings is 1. The monoisotopic (exact) mass is 469 g/mol. The average Bonchev–Trinajstić information content (AvgIpc) is 3.51. The van der Waals surface area contributed by atoms with E-state index in [1.165, 1.54) is 29.5 Å². The summed E-state index contributed by atoms with van der Waals surface area (Å²) in [5.74, 6) is 0.617. The van der Waals surface area contributed by atoms with E-state index in [2.05, 4.69) is 26.2 Å². The van der Waals surface area contributed by atoms with Crippen LogP contribution in [0, 0.1) is 18.3 Å². The van der Waals surface area contributed by atoms with Gasteiger partial charge in [-0.1, -0.05) is 11.2 Å². The van der Waals surface area contributed by atoms with Crippen LogP contribution in [0.25, 0.3) is 16.1 Å². The molecule has 0 aliphatic heterocycles. The second-order valence-corrected chi connectivity index (χ2v) is 9.77. The fraction of sp³-hybridized carbons (Fsp3) is 0.0500. The van der Waals surface area contributed by atoms with Crippen LogP contribution in [0.15, 0.2) is 68.8 Å². The lowest BCUT2D eigenvalue weighted by Crippen LogP contribution is -2.13. The predicted octanol–water partition coefficient (Wildman–Crippen LogP) is 4.95. The molecule has 4 rings (SSSR count). The number of rotatable bonds is 7. The van der Waals surface area contributed by atoms with Gasteiger partial charge in [-0.15, -0.1) is 22.7 Å². The van der Waals surface area contributed by atoms with Crippen LogP contribution in [0.2, 0.25) is 0 Å². The van der Waals surface area contributed by atoms with Crippen molar-refractivity contribution in [2.75, 3.05) is 10.0 Å². The molecule has 0 radical (unpaired) electrons. The minimum atomic E-state index is -3.79. The fourth-order valence-corrected chi connectivity index (χ4v) is 5.10. The molecule has 156 valence electrons. The molecular formula is C20H15N5O3S3. The van der Waals surface area contributed by atoms with E-state index < -0.39 is 10.0 Å². The number of sulfonamides is 1. The summed E-state index contributed by atoms with van der Waals surface area (Å²) >= 11 is 2.97. The molecule has 0 amide bonds. The zero-order valence-corrected chi connectivity index (χ0v) is 18.5. The first-order chi connectivity index (χ1) is 14.9. The third-order valence-corrected chi connectivity index (χ3v) is 7.18. The lowest BCUT2D eigenvalue weighted by atomic mass is 10.3. The summed E-state index contributed by atoms with van der Waals surface area (Å²) in [5, 5.41) is 20.6. The van der Waals surface area contributed by atoms with Crippen LogP contribution >= 0.6 is 22.7 Å². The van der Waals surface area contributed by atoms with E-state index in [1.54, 1.807) is 36.6 Å². The highest BCUT2D eigenvalue weighted by Gasteiger charge is 2.16. The number of nitrogens with zero attached hydrogens (tertiary/aromatic N) is 3. The molecular weight excluding hydrogens is 454 g/mol. The average molecular weight is 470 g/mol. The largest absolute Gasteiger partial charge is 0.360 e. The van der Waals surface area contributed by atoms with Crippen molar-refractivity contribution in [3.63, 3.8) is 0 Å². The maximum absolute atomic E-state index is 12.4. The normalized spacial score (nSPS) is 11.8. The Hall–Kier alpha value is -3.46. The van der Waals surface area contributed by atoms with Crippen LogP contribution < -0.4 is 10.0 Å². The lowest BCUT2D eigenvalue weighted by Gasteiger charge is -2.06. The SMILES string of the molecule is Cc1cc(NS(=O)(=O)c2ccc(NC=C(C#N)c3nc(-c4cccs4)cs3)cc2)no1. The molecule has 3 heterocycles. The van der Waals surface area contributed by atoms with E-state index in [9.17, 15) is 13.7 Å². The molecule has 3 aromatic heterocycles. The third-order valence-electron chi connectivity index (χ3n) is 4.04. The minimum absolute atomic E-state index is 0.0729. The highest BCUT2D eigenvalue weighted by atomic mass is 32.2. The second-order valence-electron chi connectivity index (χ2n) is 6.28. The van der Waals surface area contributed by atoms with Crippen LogP contribution in [-0.4, -0.2) is 18.6 Å². The molecule has 0 aliphatic rings. The second kappa shape index (κ2) is 8.73. The van der Waals surface area contributed by atoms with Crippen LogP contribution in [0.4, 0.5) is 11.5 Å². The number of hydrogen-bond donors (Lipinski definition) is 2. The Labute approximate surface area is 186 Å². The number of hydrogen-bond acceptors (Lipinski definition) is 9. The first kappa shape index (κ1) is 20.8. The maximum atomic E-state index is 12.4. The highest BCUT2D eigenvalue weighted by Crippen LogP contribution is 2.29. The lowest BCUT2D eigenvalue weighted by molar-refractivity contribution is 0.400. The molecule has 2 N–H and O–H groups in total. The van der Waals surface area contributed by atoms with E-state index in [-0.39, 0.29) is 10.7 Å². The molecule has 0 saturated heterocycles. The molecule has 0 atom stereocenters. The molecule has 0 fully saturated rings. The van der Waals surface area contributed by atoms with Crippen LogP contribution in [0.5, 0.6) is 0 Å². The highest BCUT2D eigenvalue weighted by molar-refractivity contribution is 7.92. The molecule has 8 nitrogen and oxygen atoms in total. The molecule has 0 bridgehead atoms. The number of nitriles is 1. The summed E-state index contributed by atoms with van der Waals surface area (Å²) in [6, 6.07) is 13.7. The summed E-state index contributed by atoms with van der Waals surface area (Å²) in [5.41, 5.74) is 1.84. The Kier molecular flexibility index (Phi) is 5.85. The first-order valence-corrected chi connectivity index (χ1v) is 12.1. The zero-order valence-electron chi connectivity index (χ0n) is 16.1. The smallest absolute Gasteiger partial charge is 0.263 e. The van der Waals surface area contributed by atoms with Crippen molar-refractivity contribution in [3.8, 4) is 16.6 Å². The van der Waals surface area contributed by atoms with Crippen molar-refractivity contribution in [1.29, 1.82) is 5.26 Å². The number of nitrogens with one attached hydrogen (secondary N) is 2. The van der Waals surface area contributed by atoms with E-state index in [1.807, 2.05) is 22.9 Å². The number of anilines is 2. The van der Waals surface area contributed by atoms with Crippen LogP contribution in [-0.2, 0) is 10.0 Å². The van der Waals surface area contributed by atoms with E-state index in [0.717, 1.165) is 10.6 Å². The Balaban J connectivity index is 1.47. The molecule has 0 saturated carbocycles.